The van der Waals surface area contributed by atoms with E-state index in [9.17, 15) is 0 Å². The number of hydrogen-bond acceptors (Lipinski definition) is 1. The third-order valence-electron chi connectivity index (χ3n) is 1.35. The molecule has 54 valence electrons. The van der Waals surface area contributed by atoms with E-state index in [0.29, 0.717) is 6.02 Å². The van der Waals surface area contributed by atoms with Crippen molar-refractivity contribution in [2.24, 2.45) is 0 Å². The highest BCUT2D eigenvalue weighted by molar-refractivity contribution is 5.66. The molecule has 0 atom stereocenters. The number of rotatable bonds is 1. The zero-order valence-electron chi connectivity index (χ0n) is 5.39. The quantitative estimate of drug-likeness (QED) is 0.382. The summed E-state index contributed by atoms with van der Waals surface area (Å²) in [4.78, 5) is 0. The van der Waals surface area contributed by atoms with E-state index in [2.05, 4.69) is 5.32 Å². The number of amidine groups is 1. The minimum Gasteiger partial charge on any atom is -1.00 e. The van der Waals surface area contributed by atoms with E-state index >= 15 is 0 Å². The predicted molar refractivity (Wildman–Crippen MR) is 31.3 cm³/mol. The van der Waals surface area contributed by atoms with Gasteiger partial charge in [-0.2, -0.15) is 0 Å². The van der Waals surface area contributed by atoms with Gasteiger partial charge in [0.25, 0.3) is 0 Å². The lowest BCUT2D eigenvalue weighted by Crippen LogP contribution is -3.00. The van der Waals surface area contributed by atoms with Gasteiger partial charge in [0.15, 0.2) is 0 Å². The monoisotopic (exact) mass is 150 g/mol. The van der Waals surface area contributed by atoms with Crippen molar-refractivity contribution < 1.29 is 22.1 Å². The molecule has 0 amide bonds. The highest BCUT2D eigenvalue weighted by Crippen LogP contribution is 1.81. The van der Waals surface area contributed by atoms with Crippen molar-refractivity contribution in [1.29, 1.82) is 0 Å². The maximum absolute atomic E-state index is 8.92. The van der Waals surface area contributed by atoms with Gasteiger partial charge in [-0.3, -0.25) is 0 Å². The summed E-state index contributed by atoms with van der Waals surface area (Å²) >= 11 is 0. The smallest absolute Gasteiger partial charge is 0.441 e. The summed E-state index contributed by atoms with van der Waals surface area (Å²) in [5.41, 5.74) is 0. The van der Waals surface area contributed by atoms with Crippen LogP contribution in [-0.2, 0) is 0 Å². The summed E-state index contributed by atoms with van der Waals surface area (Å²) in [5.74, 6) is 0. The average molecular weight is 151 g/mol. The van der Waals surface area contributed by atoms with Crippen LogP contribution in [0.25, 0.3) is 0 Å². The predicted octanol–water partition coefficient (Wildman–Crippen LogP) is -3.46. The summed E-state index contributed by atoms with van der Waals surface area (Å²) in [6.07, 6.45) is 0. The second-order valence-corrected chi connectivity index (χ2v) is 1.83. The van der Waals surface area contributed by atoms with E-state index in [-0.39, 0.29) is 12.4 Å². The van der Waals surface area contributed by atoms with Crippen LogP contribution in [0, 0.1) is 0 Å². The maximum Gasteiger partial charge on any atom is 0.441 e. The molecule has 3 nitrogen and oxygen atoms in total. The Kier molecular flexibility index (Phi) is 3.39. The van der Waals surface area contributed by atoms with Gasteiger partial charge in [-0.15, -0.1) is 0 Å². The molecule has 0 aromatic rings. The van der Waals surface area contributed by atoms with Gasteiger partial charge in [-0.05, 0) is 6.92 Å². The van der Waals surface area contributed by atoms with Crippen LogP contribution in [0.4, 0.5) is 0 Å². The Labute approximate surface area is 60.8 Å². The van der Waals surface area contributed by atoms with Gasteiger partial charge in [0.2, 0.25) is 0 Å². The van der Waals surface area contributed by atoms with Crippen molar-refractivity contribution in [3.05, 3.63) is 0 Å². The number of aliphatic hydroxyl groups is 1. The van der Waals surface area contributed by atoms with Crippen molar-refractivity contribution in [1.82, 2.24) is 5.32 Å². The second kappa shape index (κ2) is 3.56. The number of aliphatic hydroxyl groups excluding tert-OH is 1. The van der Waals surface area contributed by atoms with E-state index in [1.807, 2.05) is 11.5 Å². The van der Waals surface area contributed by atoms with Gasteiger partial charge in [-0.1, -0.05) is 0 Å². The first-order valence-corrected chi connectivity index (χ1v) is 2.89. The molecule has 1 aliphatic heterocycles. The average Bonchev–Trinajstić information content (AvgIpc) is 2.14. The van der Waals surface area contributed by atoms with Crippen LogP contribution in [0.3, 0.4) is 0 Å². The summed E-state index contributed by atoms with van der Waals surface area (Å²) in [7, 11) is 0. The number of nitrogens with zero attached hydrogens (tertiary/aromatic N) is 1. The fourth-order valence-electron chi connectivity index (χ4n) is 0.828. The minimum atomic E-state index is 0. The molecule has 2 N–H and O–H groups in total. The first-order chi connectivity index (χ1) is 3.84. The number of likely N-dealkylation sites (N-methyl/N-ethyl adjacent to an activating group) is 1. The SMILES string of the molecule is CC[N+]1=C(O)NCC1.[Cl-]. The zero-order valence-corrected chi connectivity index (χ0v) is 6.15. The van der Waals surface area contributed by atoms with E-state index in [0.717, 1.165) is 19.6 Å². The Morgan fingerprint density at radius 2 is 2.44 bits per heavy atom. The Balaban J connectivity index is 0.000000640. The highest BCUT2D eigenvalue weighted by Gasteiger charge is 2.16. The number of hydrogen-bond donors (Lipinski definition) is 2. The molecule has 0 aromatic heterocycles. The van der Waals surface area contributed by atoms with Gasteiger partial charge in [0.05, 0.1) is 6.54 Å². The zero-order chi connectivity index (χ0) is 5.98. The molecule has 4 heteroatoms. The van der Waals surface area contributed by atoms with Crippen LogP contribution in [0.2, 0.25) is 0 Å². The molecule has 0 saturated carbocycles. The molecule has 0 spiro atoms. The lowest BCUT2D eigenvalue weighted by atomic mass is 10.6. The molecule has 0 aromatic carbocycles. The maximum atomic E-state index is 8.92. The summed E-state index contributed by atoms with van der Waals surface area (Å²) < 4.78 is 1.89. The van der Waals surface area contributed by atoms with Crippen LogP contribution < -0.4 is 17.7 Å². The van der Waals surface area contributed by atoms with Crippen molar-refractivity contribution in [3.63, 3.8) is 0 Å². The first-order valence-electron chi connectivity index (χ1n) is 2.89. The highest BCUT2D eigenvalue weighted by atomic mass is 35.5. The molecular weight excluding hydrogens is 140 g/mol. The second-order valence-electron chi connectivity index (χ2n) is 1.83. The number of nitrogens with one attached hydrogen (secondary N) is 1. The molecule has 0 aliphatic carbocycles. The van der Waals surface area contributed by atoms with Gasteiger partial charge in [0.1, 0.15) is 13.1 Å². The Bertz CT molecular complexity index is 124. The summed E-state index contributed by atoms with van der Waals surface area (Å²) in [5, 5.41) is 11.7. The largest absolute Gasteiger partial charge is 1.00 e. The molecule has 1 heterocycles. The molecule has 0 bridgehead atoms. The number of halogens is 1. The first kappa shape index (κ1) is 8.56. The molecule has 9 heavy (non-hydrogen) atoms. The van der Waals surface area contributed by atoms with Gasteiger partial charge in [-0.25, -0.2) is 9.89 Å². The van der Waals surface area contributed by atoms with Crippen LogP contribution in [-0.4, -0.2) is 35.3 Å². The fraction of sp³-hybridized carbons (Fsp3) is 0.800. The Morgan fingerprint density at radius 1 is 1.78 bits per heavy atom. The Hall–Kier alpha value is -0.440. The van der Waals surface area contributed by atoms with Crippen LogP contribution in [0.1, 0.15) is 6.92 Å². The van der Waals surface area contributed by atoms with Crippen LogP contribution in [0.5, 0.6) is 0 Å². The third-order valence-corrected chi connectivity index (χ3v) is 1.35. The molecule has 0 fully saturated rings. The molecule has 0 unspecified atom stereocenters. The standard InChI is InChI=1S/C5H10N2O.ClH/c1-2-7-4-3-6-5(7)8;/h2-4H2,1H3,(H,6,8);1H. The van der Waals surface area contributed by atoms with E-state index < -0.39 is 0 Å². The van der Waals surface area contributed by atoms with Crippen LogP contribution in [0.15, 0.2) is 0 Å². The molecule has 1 rings (SSSR count). The van der Waals surface area contributed by atoms with Gasteiger partial charge < -0.3 is 17.5 Å². The van der Waals surface area contributed by atoms with Gasteiger partial charge in [0, 0.05) is 0 Å². The normalized spacial score (nSPS) is 17.0. The van der Waals surface area contributed by atoms with Crippen molar-refractivity contribution >= 4 is 6.02 Å². The van der Waals surface area contributed by atoms with Crippen molar-refractivity contribution in [2.45, 2.75) is 6.92 Å². The molecule has 0 radical (unpaired) electrons. The van der Waals surface area contributed by atoms with E-state index in [1.165, 1.54) is 0 Å². The van der Waals surface area contributed by atoms with Crippen LogP contribution >= 0.6 is 0 Å². The fourth-order valence-corrected chi connectivity index (χ4v) is 0.828. The Morgan fingerprint density at radius 3 is 2.67 bits per heavy atom. The molecule has 1 aliphatic rings. The van der Waals surface area contributed by atoms with Crippen molar-refractivity contribution in [3.8, 4) is 0 Å². The molecular formula is C5H11ClN2O. The van der Waals surface area contributed by atoms with E-state index in [1.54, 1.807) is 0 Å². The van der Waals surface area contributed by atoms with E-state index in [4.69, 9.17) is 5.11 Å². The third kappa shape index (κ3) is 1.75. The summed E-state index contributed by atoms with van der Waals surface area (Å²) in [6, 6.07) is 0.326. The lowest BCUT2D eigenvalue weighted by Gasteiger charge is -1.90. The summed E-state index contributed by atoms with van der Waals surface area (Å²) in [6.45, 7) is 4.71. The molecule has 0 saturated heterocycles. The minimum absolute atomic E-state index is 0. The van der Waals surface area contributed by atoms with Gasteiger partial charge >= 0.3 is 6.02 Å². The topological polar surface area (TPSA) is 35.3 Å². The van der Waals surface area contributed by atoms with Crippen molar-refractivity contribution in [2.75, 3.05) is 19.6 Å². The lowest BCUT2D eigenvalue weighted by molar-refractivity contribution is -0.521.